The molecule has 14 heteroatoms. The number of nitrogens with zero attached hydrogens (tertiary/aromatic N) is 2. The number of piperazine rings is 1. The number of amides is 1. The van der Waals surface area contributed by atoms with Crippen LogP contribution in [0.2, 0.25) is 0 Å². The lowest BCUT2D eigenvalue weighted by molar-refractivity contribution is -0.137. The van der Waals surface area contributed by atoms with E-state index in [1.165, 1.54) is 12.1 Å². The summed E-state index contributed by atoms with van der Waals surface area (Å²) in [7, 11) is -4.46. The predicted molar refractivity (Wildman–Crippen MR) is 154 cm³/mol. The number of carbonyl (C=O) groups is 1. The Hall–Kier alpha value is -3.78. The molecule has 0 spiro atoms. The minimum atomic E-state index is -4.67. The van der Waals surface area contributed by atoms with Crippen LogP contribution in [0, 0.1) is 0 Å². The summed E-state index contributed by atoms with van der Waals surface area (Å²) in [4.78, 5) is 16.3. The lowest BCUT2D eigenvalue weighted by Crippen LogP contribution is -2.46. The van der Waals surface area contributed by atoms with Crippen LogP contribution in [0.4, 0.5) is 32.0 Å². The van der Waals surface area contributed by atoms with Gasteiger partial charge in [0.1, 0.15) is 5.75 Å². The first kappa shape index (κ1) is 33.1. The molecule has 3 aromatic carbocycles. The molecule has 0 bridgehead atoms. The number of sulfonamides is 1. The zero-order valence-corrected chi connectivity index (χ0v) is 24.5. The normalized spacial score (nSPS) is 14.8. The summed E-state index contributed by atoms with van der Waals surface area (Å²) in [6, 6.07) is 16.9. The second kappa shape index (κ2) is 13.5. The van der Waals surface area contributed by atoms with Crippen molar-refractivity contribution in [1.82, 2.24) is 9.62 Å². The average molecular weight is 644 g/mol. The van der Waals surface area contributed by atoms with Crippen LogP contribution in [0.3, 0.4) is 0 Å². The Kier molecular flexibility index (Phi) is 10.1. The van der Waals surface area contributed by atoms with Gasteiger partial charge in [0, 0.05) is 44.0 Å². The zero-order chi connectivity index (χ0) is 32.1. The van der Waals surface area contributed by atoms with Crippen molar-refractivity contribution in [2.24, 2.45) is 0 Å². The molecule has 3 aromatic rings. The van der Waals surface area contributed by atoms with E-state index in [4.69, 9.17) is 4.74 Å². The molecule has 0 aromatic heterocycles. The third kappa shape index (κ3) is 9.36. The number of nitrogens with one attached hydrogen (secondary N) is 1. The molecule has 1 N–H and O–H groups in total. The smallest absolute Gasteiger partial charge is 0.416 e. The summed E-state index contributed by atoms with van der Waals surface area (Å²) < 4.78 is 109. The van der Waals surface area contributed by atoms with Gasteiger partial charge >= 0.3 is 12.4 Å². The zero-order valence-electron chi connectivity index (χ0n) is 23.7. The van der Waals surface area contributed by atoms with Gasteiger partial charge in [0.2, 0.25) is 10.0 Å². The van der Waals surface area contributed by atoms with Gasteiger partial charge in [-0.1, -0.05) is 12.1 Å². The van der Waals surface area contributed by atoms with E-state index in [0.29, 0.717) is 61.8 Å². The highest BCUT2D eigenvalue weighted by molar-refractivity contribution is 7.90. The molecule has 7 nitrogen and oxygen atoms in total. The van der Waals surface area contributed by atoms with E-state index in [1.807, 2.05) is 16.7 Å². The Bertz CT molecular complexity index is 1550. The number of halogens is 6. The van der Waals surface area contributed by atoms with Crippen LogP contribution in [0.25, 0.3) is 11.1 Å². The first-order valence-electron chi connectivity index (χ1n) is 13.8. The number of alkyl halides is 6. The fourth-order valence-electron chi connectivity index (χ4n) is 4.79. The van der Waals surface area contributed by atoms with Gasteiger partial charge in [-0.05, 0) is 78.2 Å². The lowest BCUT2D eigenvalue weighted by atomic mass is 9.98. The highest BCUT2D eigenvalue weighted by Crippen LogP contribution is 2.35. The molecule has 0 radical (unpaired) electrons. The first-order chi connectivity index (χ1) is 20.6. The van der Waals surface area contributed by atoms with E-state index in [9.17, 15) is 39.6 Å². The van der Waals surface area contributed by atoms with Crippen LogP contribution in [-0.2, 0) is 22.7 Å². The molecular weight excluding hydrogens is 612 g/mol. The van der Waals surface area contributed by atoms with Crippen molar-refractivity contribution < 1.29 is 44.3 Å². The maximum Gasteiger partial charge on any atom is 0.416 e. The van der Waals surface area contributed by atoms with Gasteiger partial charge in [0.05, 0.1) is 24.3 Å². The standard InChI is InChI=1S/C30H31F6N3O4S/c1-2-43-27-5-3-4-23(19-27)24-16-21(17-25(18-24)30(34,35)36)20-38-11-13-39(14-12-38)26-8-6-22(7-9-26)28(40)37-44(41,42)15-10-29(31,32)33/h3-9,16-19H,2,10-15,20H2,1H3,(H,37,40). The summed E-state index contributed by atoms with van der Waals surface area (Å²) in [5.74, 6) is -1.72. The Morgan fingerprint density at radius 3 is 2.18 bits per heavy atom. The van der Waals surface area contributed by atoms with Crippen LogP contribution in [0.1, 0.15) is 34.8 Å². The highest BCUT2D eigenvalue weighted by Gasteiger charge is 2.32. The summed E-state index contributed by atoms with van der Waals surface area (Å²) in [6.07, 6.45) is -10.8. The van der Waals surface area contributed by atoms with Crippen molar-refractivity contribution in [2.75, 3.05) is 43.4 Å². The molecular formula is C30H31F6N3O4S. The van der Waals surface area contributed by atoms with Gasteiger partial charge in [0.15, 0.2) is 0 Å². The van der Waals surface area contributed by atoms with Crippen LogP contribution < -0.4 is 14.4 Å². The second-order valence-electron chi connectivity index (χ2n) is 10.3. The molecule has 0 aliphatic carbocycles. The fourth-order valence-corrected chi connectivity index (χ4v) is 5.80. The van der Waals surface area contributed by atoms with Gasteiger partial charge in [-0.15, -0.1) is 0 Å². The van der Waals surface area contributed by atoms with Gasteiger partial charge in [-0.3, -0.25) is 9.69 Å². The van der Waals surface area contributed by atoms with E-state index < -0.39 is 46.0 Å². The number of anilines is 1. The van der Waals surface area contributed by atoms with E-state index in [2.05, 4.69) is 0 Å². The molecule has 0 saturated carbocycles. The fraction of sp³-hybridized carbons (Fsp3) is 0.367. The molecule has 1 aliphatic heterocycles. The first-order valence-corrected chi connectivity index (χ1v) is 15.4. The summed E-state index contributed by atoms with van der Waals surface area (Å²) in [6.45, 7) is 4.74. The maximum atomic E-state index is 13.8. The van der Waals surface area contributed by atoms with Crippen LogP contribution in [0.15, 0.2) is 66.7 Å². The Morgan fingerprint density at radius 1 is 0.886 bits per heavy atom. The van der Waals surface area contributed by atoms with Gasteiger partial charge in [-0.25, -0.2) is 13.1 Å². The van der Waals surface area contributed by atoms with Crippen molar-refractivity contribution in [3.05, 3.63) is 83.4 Å². The number of benzene rings is 3. The molecule has 0 atom stereocenters. The van der Waals surface area contributed by atoms with Crippen LogP contribution >= 0.6 is 0 Å². The van der Waals surface area contributed by atoms with Crippen molar-refractivity contribution in [3.63, 3.8) is 0 Å². The average Bonchev–Trinajstić information content (AvgIpc) is 2.96. The SMILES string of the molecule is CCOc1cccc(-c2cc(CN3CCN(c4ccc(C(=O)NS(=O)(=O)CCC(F)(F)F)cc4)CC3)cc(C(F)(F)F)c2)c1. The molecule has 0 unspecified atom stereocenters. The van der Waals surface area contributed by atoms with Gasteiger partial charge < -0.3 is 9.64 Å². The van der Waals surface area contributed by atoms with Gasteiger partial charge in [0.25, 0.3) is 5.91 Å². The van der Waals surface area contributed by atoms with Crippen molar-refractivity contribution in [3.8, 4) is 16.9 Å². The van der Waals surface area contributed by atoms with Crippen LogP contribution in [-0.4, -0.2) is 63.9 Å². The molecule has 44 heavy (non-hydrogen) atoms. The number of ether oxygens (including phenoxy) is 1. The van der Waals surface area contributed by atoms with E-state index in [-0.39, 0.29) is 5.56 Å². The van der Waals surface area contributed by atoms with Crippen molar-refractivity contribution >= 4 is 21.6 Å². The van der Waals surface area contributed by atoms with E-state index in [1.54, 1.807) is 47.2 Å². The lowest BCUT2D eigenvalue weighted by Gasteiger charge is -2.36. The van der Waals surface area contributed by atoms with Crippen molar-refractivity contribution in [2.45, 2.75) is 32.2 Å². The monoisotopic (exact) mass is 643 g/mol. The Labute approximate surface area is 251 Å². The summed E-state index contributed by atoms with van der Waals surface area (Å²) >= 11 is 0. The van der Waals surface area contributed by atoms with E-state index in [0.717, 1.165) is 17.8 Å². The number of hydrogen-bond acceptors (Lipinski definition) is 6. The molecule has 1 fully saturated rings. The molecule has 1 amide bonds. The molecule has 238 valence electrons. The summed E-state index contributed by atoms with van der Waals surface area (Å²) in [5.41, 5.74) is 1.54. The Morgan fingerprint density at radius 2 is 1.57 bits per heavy atom. The number of hydrogen-bond donors (Lipinski definition) is 1. The maximum absolute atomic E-state index is 13.8. The second-order valence-corrected chi connectivity index (χ2v) is 12.1. The highest BCUT2D eigenvalue weighted by atomic mass is 32.2. The quantitative estimate of drug-likeness (QED) is 0.269. The summed E-state index contributed by atoms with van der Waals surface area (Å²) in [5, 5.41) is 0. The topological polar surface area (TPSA) is 79.0 Å². The molecule has 1 saturated heterocycles. The predicted octanol–water partition coefficient (Wildman–Crippen LogP) is 6.11. The van der Waals surface area contributed by atoms with Gasteiger partial charge in [-0.2, -0.15) is 26.3 Å². The molecule has 4 rings (SSSR count). The largest absolute Gasteiger partial charge is 0.494 e. The number of rotatable bonds is 10. The van der Waals surface area contributed by atoms with Crippen LogP contribution in [0.5, 0.6) is 5.75 Å². The third-order valence-corrected chi connectivity index (χ3v) is 8.21. The molecule has 1 aliphatic rings. The van der Waals surface area contributed by atoms with Crippen molar-refractivity contribution in [1.29, 1.82) is 0 Å². The molecule has 1 heterocycles. The number of carbonyl (C=O) groups excluding carboxylic acids is 1. The minimum absolute atomic E-state index is 0.0323. The minimum Gasteiger partial charge on any atom is -0.494 e. The Balaban J connectivity index is 1.38. The van der Waals surface area contributed by atoms with E-state index >= 15 is 0 Å². The third-order valence-electron chi connectivity index (χ3n) is 6.97.